The second-order valence-electron chi connectivity index (χ2n) is 3.60. The van der Waals surface area contributed by atoms with Crippen LogP contribution in [0.2, 0.25) is 0 Å². The van der Waals surface area contributed by atoms with Crippen molar-refractivity contribution in [2.24, 2.45) is 5.73 Å². The summed E-state index contributed by atoms with van der Waals surface area (Å²) in [6.07, 6.45) is 4.37. The first-order valence-electron chi connectivity index (χ1n) is 4.76. The Morgan fingerprint density at radius 1 is 1.33 bits per heavy atom. The summed E-state index contributed by atoms with van der Waals surface area (Å²) in [6.45, 7) is 0. The predicted octanol–water partition coefficient (Wildman–Crippen LogP) is 1.68. The molecule has 1 aliphatic rings. The van der Waals surface area contributed by atoms with E-state index in [0.717, 1.165) is 5.56 Å². The fourth-order valence-corrected chi connectivity index (χ4v) is 1.70. The van der Waals surface area contributed by atoms with E-state index in [2.05, 4.69) is 0 Å². The van der Waals surface area contributed by atoms with Crippen LogP contribution in [0.4, 0.5) is 4.39 Å². The molecule has 3 heteroatoms. The zero-order chi connectivity index (χ0) is 10.8. The average molecular weight is 205 g/mol. The van der Waals surface area contributed by atoms with E-state index < -0.39 is 6.10 Å². The summed E-state index contributed by atoms with van der Waals surface area (Å²) in [6, 6.07) is 6.19. The fraction of sp³-hybridized carbons (Fsp3) is 0.167. The molecule has 0 fully saturated rings. The molecule has 1 aromatic rings. The number of aliphatic hydroxyl groups is 1. The maximum atomic E-state index is 13.0. The standard InChI is InChI=1S/C12H12FNO/c13-9-3-1-2-8(6-9)11-7-10(14)4-5-12(11)15/h1-7,11-12,15H,14H2. The molecule has 0 radical (unpaired) electrons. The van der Waals surface area contributed by atoms with Crippen molar-refractivity contribution in [3.05, 3.63) is 59.6 Å². The molecule has 2 unspecified atom stereocenters. The van der Waals surface area contributed by atoms with Crippen molar-refractivity contribution in [1.29, 1.82) is 0 Å². The van der Waals surface area contributed by atoms with Gasteiger partial charge in [0, 0.05) is 11.6 Å². The van der Waals surface area contributed by atoms with Gasteiger partial charge in [-0.1, -0.05) is 24.3 Å². The van der Waals surface area contributed by atoms with Crippen LogP contribution in [0.3, 0.4) is 0 Å². The summed E-state index contributed by atoms with van der Waals surface area (Å²) >= 11 is 0. The van der Waals surface area contributed by atoms with E-state index in [1.807, 2.05) is 0 Å². The Bertz CT molecular complexity index is 425. The van der Waals surface area contributed by atoms with Crippen molar-refractivity contribution in [2.45, 2.75) is 12.0 Å². The molecule has 0 aliphatic heterocycles. The SMILES string of the molecule is NC1=CC(c2cccc(F)c2)C(O)C=C1. The number of hydrogen-bond donors (Lipinski definition) is 2. The Morgan fingerprint density at radius 3 is 2.87 bits per heavy atom. The molecule has 0 heterocycles. The summed E-state index contributed by atoms with van der Waals surface area (Å²) in [7, 11) is 0. The van der Waals surface area contributed by atoms with Gasteiger partial charge in [-0.25, -0.2) is 4.39 Å². The molecule has 0 amide bonds. The number of rotatable bonds is 1. The fourth-order valence-electron chi connectivity index (χ4n) is 1.70. The third-order valence-corrected chi connectivity index (χ3v) is 2.46. The molecule has 2 atom stereocenters. The quantitative estimate of drug-likeness (QED) is 0.732. The molecular formula is C12H12FNO. The first-order chi connectivity index (χ1) is 7.16. The molecule has 0 spiro atoms. The summed E-state index contributed by atoms with van der Waals surface area (Å²) in [5.41, 5.74) is 6.96. The van der Waals surface area contributed by atoms with E-state index in [0.29, 0.717) is 5.70 Å². The lowest BCUT2D eigenvalue weighted by Gasteiger charge is -2.21. The number of aliphatic hydroxyl groups excluding tert-OH is 1. The highest BCUT2D eigenvalue weighted by molar-refractivity contribution is 5.34. The zero-order valence-corrected chi connectivity index (χ0v) is 8.10. The molecule has 0 saturated carbocycles. The van der Waals surface area contributed by atoms with Crippen LogP contribution in [0.25, 0.3) is 0 Å². The Balaban J connectivity index is 2.35. The molecule has 15 heavy (non-hydrogen) atoms. The number of allylic oxidation sites excluding steroid dienone is 1. The minimum atomic E-state index is -0.640. The van der Waals surface area contributed by atoms with E-state index >= 15 is 0 Å². The van der Waals surface area contributed by atoms with Crippen LogP contribution in [0.15, 0.2) is 48.2 Å². The average Bonchev–Trinajstić information content (AvgIpc) is 2.22. The van der Waals surface area contributed by atoms with Gasteiger partial charge in [0.15, 0.2) is 0 Å². The van der Waals surface area contributed by atoms with E-state index in [9.17, 15) is 9.50 Å². The molecular weight excluding hydrogens is 193 g/mol. The normalized spacial score (nSPS) is 25.1. The van der Waals surface area contributed by atoms with Crippen LogP contribution in [0, 0.1) is 5.82 Å². The maximum absolute atomic E-state index is 13.0. The van der Waals surface area contributed by atoms with Crippen LogP contribution < -0.4 is 5.73 Å². The van der Waals surface area contributed by atoms with E-state index in [4.69, 9.17) is 5.73 Å². The minimum absolute atomic E-state index is 0.259. The Hall–Kier alpha value is -1.61. The third-order valence-electron chi connectivity index (χ3n) is 2.46. The van der Waals surface area contributed by atoms with Gasteiger partial charge in [-0.05, 0) is 23.8 Å². The van der Waals surface area contributed by atoms with E-state index in [1.165, 1.54) is 12.1 Å². The molecule has 0 bridgehead atoms. The number of benzene rings is 1. The molecule has 3 N–H and O–H groups in total. The molecule has 1 aliphatic carbocycles. The van der Waals surface area contributed by atoms with Crippen LogP contribution >= 0.6 is 0 Å². The Labute approximate surface area is 87.5 Å². The lowest BCUT2D eigenvalue weighted by Crippen LogP contribution is -2.19. The van der Waals surface area contributed by atoms with Crippen LogP contribution in [-0.4, -0.2) is 11.2 Å². The van der Waals surface area contributed by atoms with E-state index in [1.54, 1.807) is 30.4 Å². The van der Waals surface area contributed by atoms with Gasteiger partial charge in [0.1, 0.15) is 5.82 Å². The summed E-state index contributed by atoms with van der Waals surface area (Å²) in [5, 5.41) is 9.72. The van der Waals surface area contributed by atoms with Gasteiger partial charge < -0.3 is 10.8 Å². The van der Waals surface area contributed by atoms with Crippen molar-refractivity contribution in [1.82, 2.24) is 0 Å². The van der Waals surface area contributed by atoms with Gasteiger partial charge in [-0.15, -0.1) is 0 Å². The van der Waals surface area contributed by atoms with E-state index in [-0.39, 0.29) is 11.7 Å². The Morgan fingerprint density at radius 2 is 2.13 bits per heavy atom. The first-order valence-corrected chi connectivity index (χ1v) is 4.76. The summed E-state index contributed by atoms with van der Waals surface area (Å²) in [4.78, 5) is 0. The number of hydrogen-bond acceptors (Lipinski definition) is 2. The predicted molar refractivity (Wildman–Crippen MR) is 56.6 cm³/mol. The number of halogens is 1. The van der Waals surface area contributed by atoms with Gasteiger partial charge in [0.25, 0.3) is 0 Å². The van der Waals surface area contributed by atoms with Gasteiger partial charge in [-0.3, -0.25) is 0 Å². The number of nitrogens with two attached hydrogens (primary N) is 1. The second kappa shape index (κ2) is 3.87. The molecule has 1 aromatic carbocycles. The maximum Gasteiger partial charge on any atom is 0.123 e. The highest BCUT2D eigenvalue weighted by Crippen LogP contribution is 2.26. The first kappa shape index (κ1) is 9.93. The zero-order valence-electron chi connectivity index (χ0n) is 8.10. The molecule has 2 nitrogen and oxygen atoms in total. The Kier molecular flexibility index (Phi) is 2.56. The van der Waals surface area contributed by atoms with Crippen molar-refractivity contribution in [2.75, 3.05) is 0 Å². The molecule has 2 rings (SSSR count). The van der Waals surface area contributed by atoms with Crippen molar-refractivity contribution >= 4 is 0 Å². The van der Waals surface area contributed by atoms with Crippen LogP contribution in [0.5, 0.6) is 0 Å². The van der Waals surface area contributed by atoms with Crippen molar-refractivity contribution in [3.63, 3.8) is 0 Å². The highest BCUT2D eigenvalue weighted by Gasteiger charge is 2.19. The lowest BCUT2D eigenvalue weighted by molar-refractivity contribution is 0.205. The monoisotopic (exact) mass is 205 g/mol. The smallest absolute Gasteiger partial charge is 0.123 e. The van der Waals surface area contributed by atoms with Crippen LogP contribution in [0.1, 0.15) is 11.5 Å². The topological polar surface area (TPSA) is 46.2 Å². The minimum Gasteiger partial charge on any atom is -0.399 e. The van der Waals surface area contributed by atoms with Crippen LogP contribution in [-0.2, 0) is 0 Å². The van der Waals surface area contributed by atoms with Gasteiger partial charge in [-0.2, -0.15) is 0 Å². The summed E-state index contributed by atoms with van der Waals surface area (Å²) in [5.74, 6) is -0.563. The molecule has 0 aromatic heterocycles. The molecule has 78 valence electrons. The highest BCUT2D eigenvalue weighted by atomic mass is 19.1. The van der Waals surface area contributed by atoms with Crippen molar-refractivity contribution < 1.29 is 9.50 Å². The molecule has 0 saturated heterocycles. The van der Waals surface area contributed by atoms with Gasteiger partial charge >= 0.3 is 0 Å². The van der Waals surface area contributed by atoms with Gasteiger partial charge in [0.05, 0.1) is 6.10 Å². The van der Waals surface area contributed by atoms with Crippen molar-refractivity contribution in [3.8, 4) is 0 Å². The van der Waals surface area contributed by atoms with Gasteiger partial charge in [0.2, 0.25) is 0 Å². The largest absolute Gasteiger partial charge is 0.399 e. The third kappa shape index (κ3) is 2.07. The lowest BCUT2D eigenvalue weighted by atomic mass is 9.89. The summed E-state index contributed by atoms with van der Waals surface area (Å²) < 4.78 is 13.0. The second-order valence-corrected chi connectivity index (χ2v) is 3.60.